The number of nitrogens with one attached hydrogen (secondary N) is 1. The average Bonchev–Trinajstić information content (AvgIpc) is 3.17. The smallest absolute Gasteiger partial charge is 0.229 e. The fourth-order valence-corrected chi connectivity index (χ4v) is 3.72. The van der Waals surface area contributed by atoms with Crippen LogP contribution in [0.1, 0.15) is 22.3 Å². The molecular formula is C24H18ClFN2O3. The molecule has 4 rings (SSSR count). The van der Waals surface area contributed by atoms with E-state index in [1.807, 2.05) is 0 Å². The van der Waals surface area contributed by atoms with E-state index in [1.54, 1.807) is 42.5 Å². The molecule has 7 heteroatoms. The Balaban J connectivity index is 1.53. The van der Waals surface area contributed by atoms with Crippen molar-refractivity contribution >= 4 is 40.6 Å². The van der Waals surface area contributed by atoms with Crippen molar-refractivity contribution in [2.24, 2.45) is 5.92 Å². The third-order valence-electron chi connectivity index (χ3n) is 5.15. The Morgan fingerprint density at radius 1 is 1.00 bits per heavy atom. The molecule has 0 radical (unpaired) electrons. The molecule has 5 nitrogen and oxygen atoms in total. The molecule has 3 aromatic rings. The van der Waals surface area contributed by atoms with E-state index in [9.17, 15) is 18.8 Å². The van der Waals surface area contributed by atoms with Crippen LogP contribution in [-0.2, 0) is 9.59 Å². The van der Waals surface area contributed by atoms with Crippen LogP contribution >= 0.6 is 11.6 Å². The lowest BCUT2D eigenvalue weighted by Gasteiger charge is -2.17. The molecule has 156 valence electrons. The molecule has 1 saturated heterocycles. The Morgan fingerprint density at radius 3 is 2.42 bits per heavy atom. The zero-order valence-corrected chi connectivity index (χ0v) is 17.1. The minimum absolute atomic E-state index is 0.0266. The Bertz CT molecular complexity index is 1150. The van der Waals surface area contributed by atoms with Gasteiger partial charge >= 0.3 is 0 Å². The molecule has 31 heavy (non-hydrogen) atoms. The Morgan fingerprint density at radius 2 is 1.71 bits per heavy atom. The van der Waals surface area contributed by atoms with E-state index in [4.69, 9.17) is 11.6 Å². The van der Waals surface area contributed by atoms with Gasteiger partial charge in [-0.1, -0.05) is 41.9 Å². The number of anilines is 2. The summed E-state index contributed by atoms with van der Waals surface area (Å²) in [6.45, 7) is 0.172. The third-order valence-corrected chi connectivity index (χ3v) is 5.39. The van der Waals surface area contributed by atoms with Crippen molar-refractivity contribution < 1.29 is 18.8 Å². The highest BCUT2D eigenvalue weighted by Crippen LogP contribution is 2.28. The Labute approximate surface area is 183 Å². The van der Waals surface area contributed by atoms with Gasteiger partial charge in [-0.05, 0) is 42.5 Å². The van der Waals surface area contributed by atoms with Gasteiger partial charge in [0.1, 0.15) is 5.82 Å². The van der Waals surface area contributed by atoms with Crippen molar-refractivity contribution in [3.05, 3.63) is 94.8 Å². The van der Waals surface area contributed by atoms with Crippen molar-refractivity contribution in [2.45, 2.75) is 6.42 Å². The number of amides is 2. The molecule has 3 aromatic carbocycles. The molecule has 1 atom stereocenters. The summed E-state index contributed by atoms with van der Waals surface area (Å²) < 4.78 is 13.2. The molecule has 1 N–H and O–H groups in total. The highest BCUT2D eigenvalue weighted by Gasteiger charge is 2.35. The molecule has 0 spiro atoms. The van der Waals surface area contributed by atoms with Gasteiger partial charge in [-0.3, -0.25) is 14.4 Å². The number of carbonyl (C=O) groups excluding carboxylic acids is 3. The maximum absolute atomic E-state index is 13.2. The van der Waals surface area contributed by atoms with Gasteiger partial charge in [-0.25, -0.2) is 4.39 Å². The first-order valence-corrected chi connectivity index (χ1v) is 10.1. The van der Waals surface area contributed by atoms with Crippen LogP contribution in [0.5, 0.6) is 0 Å². The quantitative estimate of drug-likeness (QED) is 0.589. The first-order chi connectivity index (χ1) is 14.9. The average molecular weight is 437 g/mol. The van der Waals surface area contributed by atoms with Gasteiger partial charge < -0.3 is 10.2 Å². The van der Waals surface area contributed by atoms with Crippen molar-refractivity contribution in [3.8, 4) is 0 Å². The molecule has 1 heterocycles. The van der Waals surface area contributed by atoms with Gasteiger partial charge in [0, 0.05) is 34.8 Å². The van der Waals surface area contributed by atoms with Gasteiger partial charge in [0.2, 0.25) is 11.8 Å². The summed E-state index contributed by atoms with van der Waals surface area (Å²) in [5.41, 5.74) is 1.61. The number of carbonyl (C=O) groups is 3. The third kappa shape index (κ3) is 4.49. The zero-order chi connectivity index (χ0) is 22.0. The number of rotatable bonds is 5. The number of ketones is 1. The maximum atomic E-state index is 13.2. The van der Waals surface area contributed by atoms with E-state index >= 15 is 0 Å². The second-order valence-electron chi connectivity index (χ2n) is 7.26. The van der Waals surface area contributed by atoms with Crippen molar-refractivity contribution in [3.63, 3.8) is 0 Å². The highest BCUT2D eigenvalue weighted by molar-refractivity contribution is 6.31. The van der Waals surface area contributed by atoms with Crippen molar-refractivity contribution in [2.75, 3.05) is 16.8 Å². The topological polar surface area (TPSA) is 66.5 Å². The minimum atomic E-state index is -0.604. The molecule has 2 amide bonds. The molecule has 0 saturated carbocycles. The van der Waals surface area contributed by atoms with Gasteiger partial charge in [0.15, 0.2) is 5.78 Å². The lowest BCUT2D eigenvalue weighted by atomic mass is 10.0. The molecule has 0 aliphatic carbocycles. The largest absolute Gasteiger partial charge is 0.325 e. The fourth-order valence-electron chi connectivity index (χ4n) is 3.55. The van der Waals surface area contributed by atoms with E-state index in [0.717, 1.165) is 0 Å². The number of benzene rings is 3. The molecule has 0 aromatic heterocycles. The lowest BCUT2D eigenvalue weighted by Crippen LogP contribution is -2.28. The molecule has 0 bridgehead atoms. The van der Waals surface area contributed by atoms with Crippen LogP contribution in [0, 0.1) is 11.7 Å². The van der Waals surface area contributed by atoms with Gasteiger partial charge in [-0.15, -0.1) is 0 Å². The van der Waals surface area contributed by atoms with Crippen LogP contribution < -0.4 is 10.2 Å². The van der Waals surface area contributed by atoms with Crippen LogP contribution in [0.15, 0.2) is 72.8 Å². The highest BCUT2D eigenvalue weighted by atomic mass is 35.5. The predicted molar refractivity (Wildman–Crippen MR) is 117 cm³/mol. The molecule has 1 aliphatic heterocycles. The van der Waals surface area contributed by atoms with E-state index in [1.165, 1.54) is 35.2 Å². The van der Waals surface area contributed by atoms with E-state index in [2.05, 4.69) is 5.32 Å². The number of hydrogen-bond acceptors (Lipinski definition) is 3. The summed E-state index contributed by atoms with van der Waals surface area (Å²) in [5.74, 6) is -1.87. The van der Waals surface area contributed by atoms with Crippen molar-refractivity contribution in [1.82, 2.24) is 0 Å². The summed E-state index contributed by atoms with van der Waals surface area (Å²) in [4.78, 5) is 39.7. The second kappa shape index (κ2) is 8.70. The van der Waals surface area contributed by atoms with Crippen molar-refractivity contribution in [1.29, 1.82) is 0 Å². The molecule has 1 fully saturated rings. The number of nitrogens with zero attached hydrogens (tertiary/aromatic N) is 1. The number of halogens is 2. The maximum Gasteiger partial charge on any atom is 0.229 e. The zero-order valence-electron chi connectivity index (χ0n) is 16.3. The van der Waals surface area contributed by atoms with Gasteiger partial charge in [0.25, 0.3) is 0 Å². The summed E-state index contributed by atoms with van der Waals surface area (Å²) >= 11 is 6.09. The summed E-state index contributed by atoms with van der Waals surface area (Å²) in [5, 5.41) is 3.15. The van der Waals surface area contributed by atoms with Crippen LogP contribution in [0.4, 0.5) is 15.8 Å². The van der Waals surface area contributed by atoms with Crippen LogP contribution in [-0.4, -0.2) is 24.1 Å². The van der Waals surface area contributed by atoms with Crippen LogP contribution in [0.3, 0.4) is 0 Å². The monoisotopic (exact) mass is 436 g/mol. The molecular weight excluding hydrogens is 419 g/mol. The first-order valence-electron chi connectivity index (χ1n) is 9.68. The lowest BCUT2D eigenvalue weighted by molar-refractivity contribution is -0.122. The van der Waals surface area contributed by atoms with E-state index in [-0.39, 0.29) is 36.1 Å². The second-order valence-corrected chi connectivity index (χ2v) is 7.69. The Hall–Kier alpha value is -3.51. The van der Waals surface area contributed by atoms with Crippen LogP contribution in [0.2, 0.25) is 5.02 Å². The normalized spacial score (nSPS) is 15.7. The van der Waals surface area contributed by atoms with Crippen LogP contribution in [0.25, 0.3) is 0 Å². The minimum Gasteiger partial charge on any atom is -0.325 e. The first kappa shape index (κ1) is 20.8. The molecule has 1 aliphatic rings. The summed E-state index contributed by atoms with van der Waals surface area (Å²) in [6.07, 6.45) is 0.0266. The van der Waals surface area contributed by atoms with E-state index in [0.29, 0.717) is 22.0 Å². The summed E-state index contributed by atoms with van der Waals surface area (Å²) in [7, 11) is 0. The van der Waals surface area contributed by atoms with Gasteiger partial charge in [-0.2, -0.15) is 0 Å². The fraction of sp³-hybridized carbons (Fsp3) is 0.125. The number of hydrogen-bond donors (Lipinski definition) is 1. The summed E-state index contributed by atoms with van der Waals surface area (Å²) in [6, 6.07) is 18.9. The SMILES string of the molecule is O=C(c1ccccc1)c1cc(Cl)ccc1NC(=O)C1CC(=O)N(c2ccc(F)cc2)C1. The molecule has 1 unspecified atom stereocenters. The van der Waals surface area contributed by atoms with E-state index < -0.39 is 11.7 Å². The van der Waals surface area contributed by atoms with Gasteiger partial charge in [0.05, 0.1) is 11.6 Å². The Kier molecular flexibility index (Phi) is 5.82. The predicted octanol–water partition coefficient (Wildman–Crippen LogP) is 4.70. The standard InChI is InChI=1S/C24H18ClFN2O3/c25-17-6-11-21(20(13-17)23(30)15-4-2-1-3-5-15)27-24(31)16-12-22(29)28(14-16)19-9-7-18(26)8-10-19/h1-11,13,16H,12,14H2,(H,27,31).